The topological polar surface area (TPSA) is 102 Å². The number of anilines is 3. The Morgan fingerprint density at radius 3 is 2.31 bits per heavy atom. The Hall–Kier alpha value is -2.87. The van der Waals surface area contributed by atoms with Crippen LogP contribution in [0.15, 0.2) is 30.3 Å². The molecule has 1 amide bonds. The number of benzene rings is 1. The van der Waals surface area contributed by atoms with Crippen molar-refractivity contribution in [2.75, 3.05) is 17.7 Å². The lowest BCUT2D eigenvalue weighted by Crippen LogP contribution is -2.27. The van der Waals surface area contributed by atoms with Crippen molar-refractivity contribution < 1.29 is 19.1 Å². The third-order valence-corrected chi connectivity index (χ3v) is 3.27. The van der Waals surface area contributed by atoms with Crippen LogP contribution in [0.3, 0.4) is 0 Å². The number of methoxy groups -OCH3 is 1. The molecule has 0 saturated heterocycles. The zero-order valence-corrected chi connectivity index (χ0v) is 15.5. The van der Waals surface area contributed by atoms with E-state index < -0.39 is 17.7 Å². The van der Waals surface area contributed by atoms with Gasteiger partial charge in [0, 0.05) is 0 Å². The van der Waals surface area contributed by atoms with Crippen molar-refractivity contribution in [2.45, 2.75) is 26.4 Å². The van der Waals surface area contributed by atoms with Gasteiger partial charge >= 0.3 is 12.1 Å². The fraction of sp³-hybridized carbons (Fsp3) is 0.294. The molecule has 2 N–H and O–H groups in total. The van der Waals surface area contributed by atoms with Gasteiger partial charge in [0.25, 0.3) is 0 Å². The Kier molecular flexibility index (Phi) is 5.99. The van der Waals surface area contributed by atoms with Gasteiger partial charge in [-0.15, -0.1) is 10.2 Å². The number of carbonyl (C=O) groups excluding carboxylic acids is 2. The average molecular weight is 379 g/mol. The molecule has 8 nitrogen and oxygen atoms in total. The third kappa shape index (κ3) is 5.59. The van der Waals surface area contributed by atoms with Gasteiger partial charge in [-0.05, 0) is 51.1 Å². The van der Waals surface area contributed by atoms with Gasteiger partial charge in [-0.25, -0.2) is 9.59 Å². The number of hydrogen-bond acceptors (Lipinski definition) is 7. The van der Waals surface area contributed by atoms with Gasteiger partial charge in [-0.1, -0.05) is 11.6 Å². The van der Waals surface area contributed by atoms with Gasteiger partial charge in [0.2, 0.25) is 0 Å². The first-order chi connectivity index (χ1) is 12.2. The molecule has 0 aliphatic rings. The molecule has 0 saturated carbocycles. The molecule has 1 aromatic heterocycles. The van der Waals surface area contributed by atoms with Gasteiger partial charge in [0.05, 0.1) is 23.4 Å². The van der Waals surface area contributed by atoms with E-state index in [1.807, 2.05) is 0 Å². The van der Waals surface area contributed by atoms with E-state index in [0.717, 1.165) is 0 Å². The molecule has 0 fully saturated rings. The summed E-state index contributed by atoms with van der Waals surface area (Å²) < 4.78 is 9.81. The molecule has 138 valence electrons. The van der Waals surface area contributed by atoms with Gasteiger partial charge in [-0.2, -0.15) is 0 Å². The minimum atomic E-state index is -0.624. The van der Waals surface area contributed by atoms with E-state index in [1.165, 1.54) is 7.11 Å². The highest BCUT2D eigenvalue weighted by atomic mass is 35.5. The van der Waals surface area contributed by atoms with Crippen LogP contribution in [-0.2, 0) is 9.47 Å². The molecule has 0 aliphatic heterocycles. The van der Waals surface area contributed by atoms with Crippen LogP contribution in [0.5, 0.6) is 0 Å². The lowest BCUT2D eigenvalue weighted by molar-refractivity contribution is 0.0598. The highest BCUT2D eigenvalue weighted by Gasteiger charge is 2.16. The molecule has 0 bridgehead atoms. The van der Waals surface area contributed by atoms with Gasteiger partial charge in [-0.3, -0.25) is 5.32 Å². The molecule has 0 radical (unpaired) electrons. The number of hydrogen-bond donors (Lipinski definition) is 2. The minimum absolute atomic E-state index is 0.235. The van der Waals surface area contributed by atoms with Crippen LogP contribution in [0.1, 0.15) is 31.1 Å². The number of rotatable bonds is 4. The summed E-state index contributed by atoms with van der Waals surface area (Å²) in [6, 6.07) is 7.82. The lowest BCUT2D eigenvalue weighted by atomic mass is 10.2. The van der Waals surface area contributed by atoms with Gasteiger partial charge in [0.1, 0.15) is 5.60 Å². The van der Waals surface area contributed by atoms with Crippen LogP contribution in [0, 0.1) is 0 Å². The second kappa shape index (κ2) is 8.01. The molecule has 0 unspecified atom stereocenters. The van der Waals surface area contributed by atoms with Crippen molar-refractivity contribution in [1.82, 2.24) is 10.2 Å². The molecule has 9 heteroatoms. The number of nitrogens with one attached hydrogen (secondary N) is 2. The predicted molar refractivity (Wildman–Crippen MR) is 98.0 cm³/mol. The van der Waals surface area contributed by atoms with E-state index in [-0.39, 0.29) is 5.82 Å². The summed E-state index contributed by atoms with van der Waals surface area (Å²) in [5, 5.41) is 13.7. The molecule has 26 heavy (non-hydrogen) atoms. The van der Waals surface area contributed by atoms with E-state index in [9.17, 15) is 9.59 Å². The van der Waals surface area contributed by atoms with Crippen LogP contribution in [0.2, 0.25) is 5.02 Å². The van der Waals surface area contributed by atoms with E-state index in [2.05, 4.69) is 25.6 Å². The standard InChI is InChI=1S/C17H19ClN4O4/c1-17(2,3)26-16(24)20-14-8-7-13(21-22-14)19-12-9-10(15(23)25-4)5-6-11(12)18/h5-9H,1-4H3,(H,19,21)(H,20,22,24). The highest BCUT2D eigenvalue weighted by Crippen LogP contribution is 2.26. The summed E-state index contributed by atoms with van der Waals surface area (Å²) in [7, 11) is 1.30. The maximum Gasteiger partial charge on any atom is 0.413 e. The zero-order valence-electron chi connectivity index (χ0n) is 14.8. The summed E-state index contributed by atoms with van der Waals surface area (Å²) in [5.74, 6) is 0.135. The number of halogens is 1. The van der Waals surface area contributed by atoms with Crippen LogP contribution in [-0.4, -0.2) is 35.0 Å². The zero-order chi connectivity index (χ0) is 19.3. The van der Waals surface area contributed by atoms with Crippen molar-refractivity contribution in [3.8, 4) is 0 Å². The quantitative estimate of drug-likeness (QED) is 0.775. The fourth-order valence-electron chi connectivity index (χ4n) is 1.88. The SMILES string of the molecule is COC(=O)c1ccc(Cl)c(Nc2ccc(NC(=O)OC(C)(C)C)nn2)c1. The molecule has 0 spiro atoms. The second-order valence-corrected chi connectivity index (χ2v) is 6.65. The van der Waals surface area contributed by atoms with E-state index in [1.54, 1.807) is 51.1 Å². The summed E-state index contributed by atoms with van der Waals surface area (Å²) >= 11 is 6.12. The lowest BCUT2D eigenvalue weighted by Gasteiger charge is -2.19. The molecule has 2 rings (SSSR count). The Bertz CT molecular complexity index is 803. The van der Waals surface area contributed by atoms with Crippen LogP contribution in [0.25, 0.3) is 0 Å². The molecular weight excluding hydrogens is 360 g/mol. The molecule has 0 atom stereocenters. The second-order valence-electron chi connectivity index (χ2n) is 6.24. The van der Waals surface area contributed by atoms with Crippen molar-refractivity contribution in [1.29, 1.82) is 0 Å². The number of ether oxygens (including phenoxy) is 2. The largest absolute Gasteiger partial charge is 0.465 e. The Morgan fingerprint density at radius 2 is 1.73 bits per heavy atom. The monoisotopic (exact) mass is 378 g/mol. The van der Waals surface area contributed by atoms with Crippen molar-refractivity contribution >= 4 is 41.0 Å². The Balaban J connectivity index is 2.08. The van der Waals surface area contributed by atoms with E-state index >= 15 is 0 Å². The number of amides is 1. The summed E-state index contributed by atoms with van der Waals surface area (Å²) in [4.78, 5) is 23.3. The molecule has 1 heterocycles. The molecule has 2 aromatic rings. The average Bonchev–Trinajstić information content (AvgIpc) is 2.56. The Labute approximate surface area is 155 Å². The maximum atomic E-state index is 11.7. The summed E-state index contributed by atoms with van der Waals surface area (Å²) in [5.41, 5.74) is 0.202. The highest BCUT2D eigenvalue weighted by molar-refractivity contribution is 6.33. The molecular formula is C17H19ClN4O4. The number of aromatic nitrogens is 2. The van der Waals surface area contributed by atoms with Crippen LogP contribution >= 0.6 is 11.6 Å². The molecule has 1 aromatic carbocycles. The van der Waals surface area contributed by atoms with Crippen LogP contribution in [0.4, 0.5) is 22.1 Å². The number of nitrogens with zero attached hydrogens (tertiary/aromatic N) is 2. The van der Waals surface area contributed by atoms with Crippen LogP contribution < -0.4 is 10.6 Å². The van der Waals surface area contributed by atoms with Crippen molar-refractivity contribution in [3.05, 3.63) is 40.9 Å². The molecule has 0 aliphatic carbocycles. The third-order valence-electron chi connectivity index (χ3n) is 2.94. The van der Waals surface area contributed by atoms with Crippen molar-refractivity contribution in [2.24, 2.45) is 0 Å². The normalized spacial score (nSPS) is 10.8. The van der Waals surface area contributed by atoms with E-state index in [0.29, 0.717) is 22.1 Å². The number of esters is 1. The maximum absolute atomic E-state index is 11.7. The first-order valence-corrected chi connectivity index (χ1v) is 8.04. The smallest absolute Gasteiger partial charge is 0.413 e. The first-order valence-electron chi connectivity index (χ1n) is 7.66. The van der Waals surface area contributed by atoms with Gasteiger partial charge in [0.15, 0.2) is 11.6 Å². The fourth-order valence-corrected chi connectivity index (χ4v) is 2.04. The minimum Gasteiger partial charge on any atom is -0.465 e. The Morgan fingerprint density at radius 1 is 1.08 bits per heavy atom. The number of carbonyl (C=O) groups is 2. The summed E-state index contributed by atoms with van der Waals surface area (Å²) in [6.45, 7) is 5.28. The summed E-state index contributed by atoms with van der Waals surface area (Å²) in [6.07, 6.45) is -0.624. The predicted octanol–water partition coefficient (Wildman–Crippen LogP) is 4.01. The van der Waals surface area contributed by atoms with Crippen molar-refractivity contribution in [3.63, 3.8) is 0 Å². The van der Waals surface area contributed by atoms with E-state index in [4.69, 9.17) is 16.3 Å². The first kappa shape index (κ1) is 19.5. The van der Waals surface area contributed by atoms with Gasteiger partial charge < -0.3 is 14.8 Å².